The van der Waals surface area contributed by atoms with Crippen LogP contribution in [0.1, 0.15) is 11.1 Å². The van der Waals surface area contributed by atoms with Crippen LogP contribution in [0.3, 0.4) is 0 Å². The summed E-state index contributed by atoms with van der Waals surface area (Å²) in [5.74, 6) is 0. The van der Waals surface area contributed by atoms with Crippen molar-refractivity contribution in [3.63, 3.8) is 0 Å². The zero-order valence-corrected chi connectivity index (χ0v) is 14.5. The zero-order valence-electron chi connectivity index (χ0n) is 14.5. The average molecular weight is 312 g/mol. The van der Waals surface area contributed by atoms with E-state index in [-0.39, 0.29) is 0 Å². The monoisotopic (exact) mass is 312 g/mol. The fourth-order valence-electron chi connectivity index (χ4n) is 4.48. The van der Waals surface area contributed by atoms with Crippen LogP contribution < -0.4 is 0 Å². The van der Waals surface area contributed by atoms with Crippen molar-refractivity contribution < 1.29 is 0 Å². The Morgan fingerprint density at radius 2 is 0.958 bits per heavy atom. The fourth-order valence-corrected chi connectivity index (χ4v) is 4.48. The summed E-state index contributed by atoms with van der Waals surface area (Å²) in [6.07, 6.45) is 0. The Kier molecular flexibility index (Phi) is 2.52. The lowest BCUT2D eigenvalue weighted by Gasteiger charge is -2.09. The molecule has 0 amide bonds. The Morgan fingerprint density at radius 3 is 1.38 bits per heavy atom. The van der Waals surface area contributed by atoms with Crippen molar-refractivity contribution in [2.45, 2.75) is 13.8 Å². The average Bonchev–Trinajstić information content (AvgIpc) is 3.06. The maximum Gasteiger partial charge on any atom is 0.0739 e. The molecule has 118 valence electrons. The van der Waals surface area contributed by atoms with E-state index in [1.165, 1.54) is 54.7 Å². The van der Waals surface area contributed by atoms with Gasteiger partial charge in [-0.25, -0.2) is 0 Å². The van der Waals surface area contributed by atoms with Gasteiger partial charge in [-0.05, 0) is 37.1 Å². The molecule has 0 radical (unpaired) electrons. The Morgan fingerprint density at radius 1 is 0.583 bits per heavy atom. The van der Waals surface area contributed by atoms with Gasteiger partial charge in [-0.2, -0.15) is 0 Å². The van der Waals surface area contributed by atoms with Gasteiger partial charge in [0.05, 0.1) is 11.0 Å². The van der Waals surface area contributed by atoms with Gasteiger partial charge in [0.25, 0.3) is 0 Å². The van der Waals surface area contributed by atoms with Gasteiger partial charge in [0.15, 0.2) is 0 Å². The maximum absolute atomic E-state index is 2.36. The number of aromatic nitrogens is 2. The maximum atomic E-state index is 2.36. The first-order valence-corrected chi connectivity index (χ1v) is 8.44. The summed E-state index contributed by atoms with van der Waals surface area (Å²) in [5, 5.41) is 5.48. The van der Waals surface area contributed by atoms with Crippen molar-refractivity contribution in [2.24, 2.45) is 14.1 Å². The topological polar surface area (TPSA) is 9.86 Å². The number of fused-ring (bicyclic) bond motifs is 7. The highest BCUT2D eigenvalue weighted by Crippen LogP contribution is 2.41. The SMILES string of the molecule is Cc1c(C)c2c3ccccc3n(C)c2c2c1c1ccccc1n2C. The van der Waals surface area contributed by atoms with Crippen LogP contribution in [0.15, 0.2) is 48.5 Å². The Hall–Kier alpha value is -2.74. The third-order valence-corrected chi connectivity index (χ3v) is 5.75. The van der Waals surface area contributed by atoms with Crippen LogP contribution in [0, 0.1) is 13.8 Å². The van der Waals surface area contributed by atoms with E-state index >= 15 is 0 Å². The van der Waals surface area contributed by atoms with Crippen molar-refractivity contribution in [3.8, 4) is 0 Å². The van der Waals surface area contributed by atoms with Gasteiger partial charge >= 0.3 is 0 Å². The number of aryl methyl sites for hydroxylation is 4. The van der Waals surface area contributed by atoms with Gasteiger partial charge < -0.3 is 9.13 Å². The quantitative estimate of drug-likeness (QED) is 0.352. The molecule has 2 heteroatoms. The summed E-state index contributed by atoms with van der Waals surface area (Å²) >= 11 is 0. The number of nitrogens with zero attached hydrogens (tertiary/aromatic N) is 2. The van der Waals surface area contributed by atoms with Crippen molar-refractivity contribution in [1.29, 1.82) is 0 Å². The minimum absolute atomic E-state index is 1.30. The van der Waals surface area contributed by atoms with Gasteiger partial charge in [-0.15, -0.1) is 0 Å². The zero-order chi connectivity index (χ0) is 16.6. The lowest BCUT2D eigenvalue weighted by atomic mass is 9.97. The number of rotatable bonds is 0. The standard InChI is InChI=1S/C22H20N2/c1-13-14(2)20-16-10-6-8-12-18(16)24(4)22(20)21-19(13)15-9-5-7-11-17(15)23(21)3/h5-12H,1-4H3. The summed E-state index contributed by atoms with van der Waals surface area (Å²) in [4.78, 5) is 0. The molecule has 0 unspecified atom stereocenters. The van der Waals surface area contributed by atoms with E-state index in [0.717, 1.165) is 0 Å². The highest BCUT2D eigenvalue weighted by molar-refractivity contribution is 6.24. The van der Waals surface area contributed by atoms with Crippen LogP contribution in [0.25, 0.3) is 43.6 Å². The van der Waals surface area contributed by atoms with Crippen LogP contribution in [-0.4, -0.2) is 9.13 Å². The first-order valence-electron chi connectivity index (χ1n) is 8.44. The molecule has 0 aliphatic carbocycles. The van der Waals surface area contributed by atoms with Crippen LogP contribution in [-0.2, 0) is 14.1 Å². The van der Waals surface area contributed by atoms with E-state index in [1.807, 2.05) is 0 Å². The van der Waals surface area contributed by atoms with E-state index in [0.29, 0.717) is 0 Å². The minimum Gasteiger partial charge on any atom is -0.342 e. The normalized spacial score (nSPS) is 12.2. The van der Waals surface area contributed by atoms with E-state index in [2.05, 4.69) is 85.6 Å². The lowest BCUT2D eigenvalue weighted by molar-refractivity contribution is 0.985. The molecule has 2 heterocycles. The molecule has 0 aliphatic heterocycles. The van der Waals surface area contributed by atoms with Crippen LogP contribution in [0.4, 0.5) is 0 Å². The van der Waals surface area contributed by atoms with Crippen LogP contribution >= 0.6 is 0 Å². The number of hydrogen-bond acceptors (Lipinski definition) is 0. The van der Waals surface area contributed by atoms with E-state index in [1.54, 1.807) is 0 Å². The summed E-state index contributed by atoms with van der Waals surface area (Å²) in [6, 6.07) is 17.5. The highest BCUT2D eigenvalue weighted by Gasteiger charge is 2.20. The van der Waals surface area contributed by atoms with Crippen molar-refractivity contribution in [2.75, 3.05) is 0 Å². The van der Waals surface area contributed by atoms with Crippen molar-refractivity contribution >= 4 is 43.6 Å². The molecule has 5 aromatic rings. The number of hydrogen-bond donors (Lipinski definition) is 0. The molecule has 0 saturated carbocycles. The molecule has 3 aromatic carbocycles. The van der Waals surface area contributed by atoms with Gasteiger partial charge in [0.2, 0.25) is 0 Å². The van der Waals surface area contributed by atoms with E-state index < -0.39 is 0 Å². The third kappa shape index (κ3) is 1.42. The second kappa shape index (κ2) is 4.41. The second-order valence-corrected chi connectivity index (χ2v) is 6.85. The fraction of sp³-hybridized carbons (Fsp3) is 0.182. The smallest absolute Gasteiger partial charge is 0.0739 e. The van der Waals surface area contributed by atoms with E-state index in [9.17, 15) is 0 Å². The lowest BCUT2D eigenvalue weighted by Crippen LogP contribution is -1.95. The first kappa shape index (κ1) is 13.7. The van der Waals surface area contributed by atoms with Gasteiger partial charge in [-0.1, -0.05) is 36.4 Å². The van der Waals surface area contributed by atoms with Gasteiger partial charge in [0, 0.05) is 46.7 Å². The van der Waals surface area contributed by atoms with Gasteiger partial charge in [0.1, 0.15) is 0 Å². The first-order chi connectivity index (χ1) is 11.6. The predicted molar refractivity (Wildman–Crippen MR) is 104 cm³/mol. The number of benzene rings is 3. The number of para-hydroxylation sites is 2. The Labute approximate surface area is 140 Å². The molecule has 5 rings (SSSR count). The molecule has 24 heavy (non-hydrogen) atoms. The molecule has 0 bridgehead atoms. The van der Waals surface area contributed by atoms with Crippen LogP contribution in [0.2, 0.25) is 0 Å². The molecule has 2 aromatic heterocycles. The summed E-state index contributed by atoms with van der Waals surface area (Å²) in [7, 11) is 4.38. The molecule has 0 aliphatic rings. The second-order valence-electron chi connectivity index (χ2n) is 6.85. The van der Waals surface area contributed by atoms with E-state index in [4.69, 9.17) is 0 Å². The van der Waals surface area contributed by atoms with Gasteiger partial charge in [-0.3, -0.25) is 0 Å². The molecule has 0 fully saturated rings. The molecule has 0 spiro atoms. The van der Waals surface area contributed by atoms with Crippen molar-refractivity contribution in [3.05, 3.63) is 59.7 Å². The predicted octanol–water partition coefficient (Wildman–Crippen LogP) is 5.59. The van der Waals surface area contributed by atoms with Crippen LogP contribution in [0.5, 0.6) is 0 Å². The molecule has 0 saturated heterocycles. The molecular weight excluding hydrogens is 292 g/mol. The molecule has 2 nitrogen and oxygen atoms in total. The largest absolute Gasteiger partial charge is 0.342 e. The summed E-state index contributed by atoms with van der Waals surface area (Å²) in [6.45, 7) is 4.54. The third-order valence-electron chi connectivity index (χ3n) is 5.75. The Bertz CT molecular complexity index is 1180. The summed E-state index contributed by atoms with van der Waals surface area (Å²) in [5.41, 5.74) is 8.07. The Balaban J connectivity index is 2.25. The molecular formula is C22H20N2. The molecule has 0 N–H and O–H groups in total. The summed E-state index contributed by atoms with van der Waals surface area (Å²) < 4.78 is 4.72. The highest BCUT2D eigenvalue weighted by atomic mass is 15.0. The van der Waals surface area contributed by atoms with Crippen molar-refractivity contribution in [1.82, 2.24) is 9.13 Å². The molecule has 0 atom stereocenters. The minimum atomic E-state index is 1.30.